The summed E-state index contributed by atoms with van der Waals surface area (Å²) in [4.78, 5) is 12.1. The highest BCUT2D eigenvalue weighted by atomic mass is 79.9. The first kappa shape index (κ1) is 13.5. The molecule has 1 fully saturated rings. The van der Waals surface area contributed by atoms with Crippen LogP contribution in [-0.2, 0) is 20.7 Å². The van der Waals surface area contributed by atoms with Crippen LogP contribution < -0.4 is 4.74 Å². The highest BCUT2D eigenvalue weighted by Crippen LogP contribution is 2.23. The van der Waals surface area contributed by atoms with Crippen molar-refractivity contribution in [2.75, 3.05) is 26.9 Å². The van der Waals surface area contributed by atoms with E-state index in [2.05, 4.69) is 15.9 Å². The molecule has 0 radical (unpaired) electrons. The summed E-state index contributed by atoms with van der Waals surface area (Å²) in [6, 6.07) is 5.57. The largest absolute Gasteiger partial charge is 0.497 e. The van der Waals surface area contributed by atoms with E-state index in [-0.39, 0.29) is 5.78 Å². The summed E-state index contributed by atoms with van der Waals surface area (Å²) in [6.07, 6.45) is -0.136. The summed E-state index contributed by atoms with van der Waals surface area (Å²) in [7, 11) is 1.60. The van der Waals surface area contributed by atoms with E-state index < -0.39 is 6.10 Å². The quantitative estimate of drug-likeness (QED) is 0.852. The molecule has 1 aromatic carbocycles. The van der Waals surface area contributed by atoms with Crippen LogP contribution in [0.1, 0.15) is 5.56 Å². The molecule has 1 atom stereocenters. The first-order valence-corrected chi connectivity index (χ1v) is 6.54. The van der Waals surface area contributed by atoms with E-state index in [9.17, 15) is 4.79 Å². The molecular weight excluding hydrogens is 300 g/mol. The molecule has 1 aliphatic heterocycles. The van der Waals surface area contributed by atoms with Gasteiger partial charge in [-0.3, -0.25) is 4.79 Å². The van der Waals surface area contributed by atoms with Crippen molar-refractivity contribution in [3.05, 3.63) is 28.2 Å². The third kappa shape index (κ3) is 3.31. The van der Waals surface area contributed by atoms with Gasteiger partial charge in [-0.05, 0) is 23.8 Å². The predicted molar refractivity (Wildman–Crippen MR) is 70.0 cm³/mol. The number of carbonyl (C=O) groups excluding carboxylic acids is 1. The Kier molecular flexibility index (Phi) is 4.74. The molecule has 1 aliphatic rings. The highest BCUT2D eigenvalue weighted by molar-refractivity contribution is 9.10. The molecule has 18 heavy (non-hydrogen) atoms. The van der Waals surface area contributed by atoms with E-state index in [0.717, 1.165) is 15.8 Å². The number of carbonyl (C=O) groups is 1. The van der Waals surface area contributed by atoms with E-state index in [1.807, 2.05) is 18.2 Å². The molecule has 2 rings (SSSR count). The summed E-state index contributed by atoms with van der Waals surface area (Å²) in [6.45, 7) is 1.39. The molecule has 0 amide bonds. The smallest absolute Gasteiger partial charge is 0.168 e. The molecule has 0 N–H and O–H groups in total. The third-order valence-corrected chi connectivity index (χ3v) is 3.57. The van der Waals surface area contributed by atoms with Crippen LogP contribution in [0.15, 0.2) is 22.7 Å². The molecule has 0 aromatic heterocycles. The lowest BCUT2D eigenvalue weighted by Gasteiger charge is -2.22. The number of benzene rings is 1. The summed E-state index contributed by atoms with van der Waals surface area (Å²) < 4.78 is 16.7. The van der Waals surface area contributed by atoms with Gasteiger partial charge in [-0.1, -0.05) is 15.9 Å². The number of methoxy groups -OCH3 is 1. The van der Waals surface area contributed by atoms with Gasteiger partial charge in [0.15, 0.2) is 5.78 Å². The number of ketones is 1. The molecule has 98 valence electrons. The van der Waals surface area contributed by atoms with Crippen molar-refractivity contribution < 1.29 is 19.0 Å². The standard InChI is InChI=1S/C13H15BrO4/c1-16-10-2-3-11(14)9(6-10)7-12(15)13-8-17-4-5-18-13/h2-3,6,13H,4-5,7-8H2,1H3. The number of hydrogen-bond donors (Lipinski definition) is 0. The van der Waals surface area contributed by atoms with Crippen LogP contribution in [0.5, 0.6) is 5.75 Å². The Balaban J connectivity index is 2.05. The number of Topliss-reactive ketones (excluding diaryl/α,β-unsaturated/α-hetero) is 1. The topological polar surface area (TPSA) is 44.8 Å². The van der Waals surface area contributed by atoms with Crippen molar-refractivity contribution in [1.82, 2.24) is 0 Å². The molecule has 0 spiro atoms. The van der Waals surface area contributed by atoms with Crippen LogP contribution in [0, 0.1) is 0 Å². The van der Waals surface area contributed by atoms with Gasteiger partial charge >= 0.3 is 0 Å². The molecule has 0 bridgehead atoms. The van der Waals surface area contributed by atoms with Gasteiger partial charge in [0.05, 0.1) is 26.9 Å². The minimum Gasteiger partial charge on any atom is -0.497 e. The SMILES string of the molecule is COc1ccc(Br)c(CC(=O)C2COCCO2)c1. The van der Waals surface area contributed by atoms with Gasteiger partial charge in [-0.2, -0.15) is 0 Å². The fourth-order valence-corrected chi connectivity index (χ4v) is 2.18. The first-order chi connectivity index (χ1) is 8.70. The summed E-state index contributed by atoms with van der Waals surface area (Å²) in [5, 5.41) is 0. The Morgan fingerprint density at radius 3 is 3.00 bits per heavy atom. The Labute approximate surface area is 114 Å². The molecule has 4 nitrogen and oxygen atoms in total. The predicted octanol–water partition coefficient (Wildman–Crippen LogP) is 1.98. The van der Waals surface area contributed by atoms with Gasteiger partial charge in [0, 0.05) is 10.9 Å². The van der Waals surface area contributed by atoms with Crippen molar-refractivity contribution >= 4 is 21.7 Å². The fourth-order valence-electron chi connectivity index (χ4n) is 1.79. The Morgan fingerprint density at radius 1 is 1.50 bits per heavy atom. The van der Waals surface area contributed by atoms with Gasteiger partial charge in [0.2, 0.25) is 0 Å². The molecule has 5 heteroatoms. The van der Waals surface area contributed by atoms with Crippen LogP contribution in [0.2, 0.25) is 0 Å². The monoisotopic (exact) mass is 314 g/mol. The average molecular weight is 315 g/mol. The first-order valence-electron chi connectivity index (χ1n) is 5.75. The van der Waals surface area contributed by atoms with Crippen LogP contribution >= 0.6 is 15.9 Å². The molecule has 0 saturated carbocycles. The summed E-state index contributed by atoms with van der Waals surface area (Å²) >= 11 is 3.43. The second-order valence-electron chi connectivity index (χ2n) is 4.03. The van der Waals surface area contributed by atoms with E-state index in [0.29, 0.717) is 26.2 Å². The van der Waals surface area contributed by atoms with Crippen molar-refractivity contribution in [1.29, 1.82) is 0 Å². The highest BCUT2D eigenvalue weighted by Gasteiger charge is 2.23. The zero-order chi connectivity index (χ0) is 13.0. The normalized spacial score (nSPS) is 19.6. The van der Waals surface area contributed by atoms with E-state index >= 15 is 0 Å². The molecule has 1 unspecified atom stereocenters. The van der Waals surface area contributed by atoms with E-state index in [1.165, 1.54) is 0 Å². The van der Waals surface area contributed by atoms with Crippen molar-refractivity contribution in [2.45, 2.75) is 12.5 Å². The molecule has 1 aromatic rings. The van der Waals surface area contributed by atoms with Gasteiger partial charge in [0.25, 0.3) is 0 Å². The maximum Gasteiger partial charge on any atom is 0.168 e. The lowest BCUT2D eigenvalue weighted by molar-refractivity contribution is -0.144. The zero-order valence-electron chi connectivity index (χ0n) is 10.1. The molecule has 0 aliphatic carbocycles. The number of ether oxygens (including phenoxy) is 3. The van der Waals surface area contributed by atoms with Gasteiger partial charge in [0.1, 0.15) is 11.9 Å². The second-order valence-corrected chi connectivity index (χ2v) is 4.89. The Bertz CT molecular complexity index is 427. The third-order valence-electron chi connectivity index (χ3n) is 2.79. The summed E-state index contributed by atoms with van der Waals surface area (Å²) in [5.41, 5.74) is 0.897. The van der Waals surface area contributed by atoms with Crippen molar-refractivity contribution in [3.8, 4) is 5.75 Å². The van der Waals surface area contributed by atoms with Gasteiger partial charge < -0.3 is 14.2 Å². The van der Waals surface area contributed by atoms with E-state index in [4.69, 9.17) is 14.2 Å². The number of halogens is 1. The number of hydrogen-bond acceptors (Lipinski definition) is 4. The summed E-state index contributed by atoms with van der Waals surface area (Å²) in [5.74, 6) is 0.769. The molecular formula is C13H15BrO4. The number of rotatable bonds is 4. The van der Waals surface area contributed by atoms with Crippen LogP contribution in [0.25, 0.3) is 0 Å². The van der Waals surface area contributed by atoms with Crippen LogP contribution in [-0.4, -0.2) is 38.8 Å². The van der Waals surface area contributed by atoms with Crippen LogP contribution in [0.3, 0.4) is 0 Å². The van der Waals surface area contributed by atoms with Crippen molar-refractivity contribution in [3.63, 3.8) is 0 Å². The second kappa shape index (κ2) is 6.31. The Hall–Kier alpha value is -0.910. The lowest BCUT2D eigenvalue weighted by atomic mass is 10.1. The van der Waals surface area contributed by atoms with Crippen LogP contribution in [0.4, 0.5) is 0 Å². The maximum absolute atomic E-state index is 12.1. The minimum absolute atomic E-state index is 0.0312. The zero-order valence-corrected chi connectivity index (χ0v) is 11.7. The van der Waals surface area contributed by atoms with E-state index in [1.54, 1.807) is 7.11 Å². The molecule has 1 saturated heterocycles. The van der Waals surface area contributed by atoms with Crippen molar-refractivity contribution in [2.24, 2.45) is 0 Å². The minimum atomic E-state index is -0.447. The fraction of sp³-hybridized carbons (Fsp3) is 0.462. The Morgan fingerprint density at radius 2 is 2.33 bits per heavy atom. The lowest BCUT2D eigenvalue weighted by Crippen LogP contribution is -2.36. The van der Waals surface area contributed by atoms with Gasteiger partial charge in [-0.15, -0.1) is 0 Å². The molecule has 1 heterocycles. The average Bonchev–Trinajstić information content (AvgIpc) is 2.42. The van der Waals surface area contributed by atoms with Gasteiger partial charge in [-0.25, -0.2) is 0 Å². The maximum atomic E-state index is 12.1.